The maximum absolute atomic E-state index is 12.6. The quantitative estimate of drug-likeness (QED) is 0.311. The van der Waals surface area contributed by atoms with Crippen molar-refractivity contribution in [3.05, 3.63) is 77.9 Å². The molecule has 0 unspecified atom stereocenters. The molecule has 0 atom stereocenters. The Hall–Kier alpha value is -3.49. The van der Waals surface area contributed by atoms with Gasteiger partial charge in [0.2, 0.25) is 5.91 Å². The summed E-state index contributed by atoms with van der Waals surface area (Å²) in [6.45, 7) is 0.351. The van der Waals surface area contributed by atoms with Crippen molar-refractivity contribution in [2.75, 3.05) is 18.5 Å². The number of hydrogen-bond donors (Lipinski definition) is 4. The van der Waals surface area contributed by atoms with Crippen molar-refractivity contribution in [2.24, 2.45) is 0 Å². The second kappa shape index (κ2) is 10.6. The van der Waals surface area contributed by atoms with Crippen molar-refractivity contribution >= 4 is 23.4 Å². The number of hydrogen-bond acceptors (Lipinski definition) is 5. The van der Waals surface area contributed by atoms with Crippen LogP contribution in [0.15, 0.2) is 66.7 Å². The number of anilines is 1. The molecular weight excluding hydrogens is 362 g/mol. The van der Waals surface area contributed by atoms with Gasteiger partial charge in [0, 0.05) is 36.5 Å². The summed E-state index contributed by atoms with van der Waals surface area (Å²) in [6, 6.07) is 15.7. The van der Waals surface area contributed by atoms with Crippen LogP contribution in [0.2, 0.25) is 0 Å². The van der Waals surface area contributed by atoms with Crippen molar-refractivity contribution in [2.45, 2.75) is 6.54 Å². The minimum Gasteiger partial charge on any atom is -0.395 e. The van der Waals surface area contributed by atoms with E-state index in [9.17, 15) is 19.5 Å². The molecule has 0 saturated carbocycles. The summed E-state index contributed by atoms with van der Waals surface area (Å²) < 4.78 is 0. The Bertz CT molecular complexity index is 835. The Kier molecular flexibility index (Phi) is 7.89. The molecule has 0 bridgehead atoms. The summed E-state index contributed by atoms with van der Waals surface area (Å²) >= 11 is 0. The molecule has 0 saturated heterocycles. The second-order valence-electron chi connectivity index (χ2n) is 5.81. The average molecular weight is 383 g/mol. The molecule has 0 radical (unpaired) electrons. The first-order chi connectivity index (χ1) is 13.5. The molecule has 8 nitrogen and oxygen atoms in total. The van der Waals surface area contributed by atoms with Gasteiger partial charge >= 0.3 is 0 Å². The van der Waals surface area contributed by atoms with E-state index < -0.39 is 11.8 Å². The normalized spacial score (nSPS) is 10.5. The van der Waals surface area contributed by atoms with E-state index in [1.54, 1.807) is 53.4 Å². The number of amides is 3. The lowest BCUT2D eigenvalue weighted by molar-refractivity contribution is -0.124. The molecule has 146 valence electrons. The zero-order valence-electron chi connectivity index (χ0n) is 15.0. The first-order valence-electron chi connectivity index (χ1n) is 8.50. The van der Waals surface area contributed by atoms with Crippen molar-refractivity contribution < 1.29 is 24.7 Å². The number of carbonyl (C=O) groups excluding carboxylic acids is 3. The first-order valence-corrected chi connectivity index (χ1v) is 8.50. The molecule has 28 heavy (non-hydrogen) atoms. The number of hydroxylamine groups is 1. The molecule has 0 aromatic heterocycles. The Labute approximate surface area is 162 Å². The zero-order valence-corrected chi connectivity index (χ0v) is 15.0. The summed E-state index contributed by atoms with van der Waals surface area (Å²) in [4.78, 5) is 36.7. The first kappa shape index (κ1) is 20.8. The topological polar surface area (TPSA) is 119 Å². The molecule has 4 N–H and O–H groups in total. The summed E-state index contributed by atoms with van der Waals surface area (Å²) in [5, 5.41) is 20.2. The van der Waals surface area contributed by atoms with E-state index in [4.69, 9.17) is 5.21 Å². The van der Waals surface area contributed by atoms with E-state index in [1.807, 2.05) is 6.07 Å². The van der Waals surface area contributed by atoms with Gasteiger partial charge < -0.3 is 15.3 Å². The fourth-order valence-electron chi connectivity index (χ4n) is 2.42. The standard InChI is InChI=1S/C20H21N3O5/c24-13-12-23(20(27)16-4-2-1-3-5-16)14-15-6-8-17(9-7-15)21-18(25)10-11-19(26)22-28/h1-11,24,28H,12-14H2,(H,21,25)(H,22,26)/b11-10+. The molecule has 0 spiro atoms. The molecule has 3 amide bonds. The second-order valence-corrected chi connectivity index (χ2v) is 5.81. The van der Waals surface area contributed by atoms with Crippen LogP contribution in [0.25, 0.3) is 0 Å². The number of benzene rings is 2. The predicted octanol–water partition coefficient (Wildman–Crippen LogP) is 1.32. The Balaban J connectivity index is 2.01. The summed E-state index contributed by atoms with van der Waals surface area (Å²) in [7, 11) is 0. The van der Waals surface area contributed by atoms with Gasteiger partial charge in [-0.1, -0.05) is 30.3 Å². The molecule has 0 aliphatic rings. The highest BCUT2D eigenvalue weighted by atomic mass is 16.5. The van der Waals surface area contributed by atoms with Gasteiger partial charge in [-0.15, -0.1) is 0 Å². The highest BCUT2D eigenvalue weighted by Gasteiger charge is 2.15. The zero-order chi connectivity index (χ0) is 20.4. The van der Waals surface area contributed by atoms with Crippen molar-refractivity contribution in [1.82, 2.24) is 10.4 Å². The lowest BCUT2D eigenvalue weighted by Crippen LogP contribution is -2.33. The number of carbonyl (C=O) groups is 3. The Morgan fingerprint density at radius 2 is 1.57 bits per heavy atom. The van der Waals surface area contributed by atoms with Crippen LogP contribution < -0.4 is 10.8 Å². The van der Waals surface area contributed by atoms with Crippen molar-refractivity contribution in [1.29, 1.82) is 0 Å². The third-order valence-electron chi connectivity index (χ3n) is 3.77. The van der Waals surface area contributed by atoms with Gasteiger partial charge in [-0.2, -0.15) is 0 Å². The third kappa shape index (κ3) is 6.35. The monoisotopic (exact) mass is 383 g/mol. The number of rotatable bonds is 8. The lowest BCUT2D eigenvalue weighted by Gasteiger charge is -2.22. The van der Waals surface area contributed by atoms with E-state index in [1.165, 1.54) is 5.48 Å². The van der Waals surface area contributed by atoms with Crippen LogP contribution in [0.5, 0.6) is 0 Å². The van der Waals surface area contributed by atoms with Crippen LogP contribution in [-0.2, 0) is 16.1 Å². The molecule has 2 aromatic rings. The molecule has 0 heterocycles. The SMILES string of the molecule is O=C(/C=C/C(=O)Nc1ccc(CN(CCO)C(=O)c2ccccc2)cc1)NO. The minimum atomic E-state index is -0.808. The van der Waals surface area contributed by atoms with E-state index >= 15 is 0 Å². The smallest absolute Gasteiger partial charge is 0.267 e. The van der Waals surface area contributed by atoms with E-state index in [-0.39, 0.29) is 19.1 Å². The number of nitrogens with one attached hydrogen (secondary N) is 2. The number of nitrogens with zero attached hydrogens (tertiary/aromatic N) is 1. The van der Waals surface area contributed by atoms with E-state index in [0.29, 0.717) is 17.8 Å². The lowest BCUT2D eigenvalue weighted by atomic mass is 10.1. The third-order valence-corrected chi connectivity index (χ3v) is 3.77. The number of aliphatic hydroxyl groups is 1. The largest absolute Gasteiger partial charge is 0.395 e. The highest BCUT2D eigenvalue weighted by molar-refractivity contribution is 6.03. The average Bonchev–Trinajstić information content (AvgIpc) is 2.73. The Morgan fingerprint density at radius 1 is 0.929 bits per heavy atom. The molecule has 2 aromatic carbocycles. The van der Waals surface area contributed by atoms with Crippen LogP contribution in [0.4, 0.5) is 5.69 Å². The van der Waals surface area contributed by atoms with Crippen LogP contribution in [0.1, 0.15) is 15.9 Å². The number of aliphatic hydroxyl groups excluding tert-OH is 1. The molecule has 2 rings (SSSR count). The summed E-state index contributed by atoms with van der Waals surface area (Å²) in [5.74, 6) is -1.52. The van der Waals surface area contributed by atoms with E-state index in [2.05, 4.69) is 5.32 Å². The maximum atomic E-state index is 12.6. The van der Waals surface area contributed by atoms with Gasteiger partial charge in [-0.3, -0.25) is 19.6 Å². The minimum absolute atomic E-state index is 0.152. The van der Waals surface area contributed by atoms with Gasteiger partial charge in [0.25, 0.3) is 11.8 Å². The summed E-state index contributed by atoms with van der Waals surface area (Å²) in [5.41, 5.74) is 3.26. The molecule has 8 heteroatoms. The van der Waals surface area contributed by atoms with E-state index in [0.717, 1.165) is 17.7 Å². The van der Waals surface area contributed by atoms with Crippen molar-refractivity contribution in [3.8, 4) is 0 Å². The van der Waals surface area contributed by atoms with Gasteiger partial charge in [-0.05, 0) is 29.8 Å². The van der Waals surface area contributed by atoms with Gasteiger partial charge in [0.15, 0.2) is 0 Å². The van der Waals surface area contributed by atoms with Crippen molar-refractivity contribution in [3.63, 3.8) is 0 Å². The van der Waals surface area contributed by atoms with Crippen LogP contribution in [-0.4, -0.2) is 46.1 Å². The fourth-order valence-corrected chi connectivity index (χ4v) is 2.42. The molecule has 0 aliphatic carbocycles. The van der Waals surface area contributed by atoms with Gasteiger partial charge in [0.05, 0.1) is 6.61 Å². The predicted molar refractivity (Wildman–Crippen MR) is 102 cm³/mol. The molecule has 0 fully saturated rings. The Morgan fingerprint density at radius 3 is 2.18 bits per heavy atom. The fraction of sp³-hybridized carbons (Fsp3) is 0.150. The van der Waals surface area contributed by atoms with Crippen LogP contribution >= 0.6 is 0 Å². The highest BCUT2D eigenvalue weighted by Crippen LogP contribution is 2.14. The summed E-state index contributed by atoms with van der Waals surface area (Å²) in [6.07, 6.45) is 1.88. The van der Waals surface area contributed by atoms with Gasteiger partial charge in [-0.25, -0.2) is 5.48 Å². The maximum Gasteiger partial charge on any atom is 0.267 e. The molecule has 0 aliphatic heterocycles. The van der Waals surface area contributed by atoms with Crippen LogP contribution in [0, 0.1) is 0 Å². The van der Waals surface area contributed by atoms with Crippen LogP contribution in [0.3, 0.4) is 0 Å². The van der Waals surface area contributed by atoms with Gasteiger partial charge in [0.1, 0.15) is 0 Å². The molecular formula is C20H21N3O5.